The molecule has 0 saturated heterocycles. The van der Waals surface area contributed by atoms with Gasteiger partial charge in [0.25, 0.3) is 0 Å². The number of aliphatic hydroxyl groups is 1. The summed E-state index contributed by atoms with van der Waals surface area (Å²) in [6.45, 7) is 1.94. The molecular weight excluding hydrogens is 240 g/mol. The summed E-state index contributed by atoms with van der Waals surface area (Å²) in [5.74, 6) is 0. The number of hydrogen-bond acceptors (Lipinski definition) is 2. The fraction of sp³-hybridized carbons (Fsp3) is 0.231. The van der Waals surface area contributed by atoms with E-state index in [-0.39, 0.29) is 0 Å². The zero-order valence-corrected chi connectivity index (χ0v) is 10.6. The van der Waals surface area contributed by atoms with E-state index >= 15 is 0 Å². The number of benzene rings is 1. The first-order valence-electron chi connectivity index (χ1n) is 5.14. The standard InChI is InChI=1S/C13H13ClOS/c1-9-11(5-2-6-12(9)14)13(15)8-10-4-3-7-16-10/h2-7,13,15H,8H2,1H3. The SMILES string of the molecule is Cc1c(Cl)cccc1C(O)Cc1cccs1. The molecular formula is C13H13ClOS. The van der Waals surface area contributed by atoms with Crippen molar-refractivity contribution in [3.05, 3.63) is 56.7 Å². The lowest BCUT2D eigenvalue weighted by Crippen LogP contribution is -2.03. The van der Waals surface area contributed by atoms with E-state index in [1.165, 1.54) is 4.88 Å². The summed E-state index contributed by atoms with van der Waals surface area (Å²) in [5, 5.41) is 12.9. The van der Waals surface area contributed by atoms with Crippen molar-refractivity contribution in [2.24, 2.45) is 0 Å². The lowest BCUT2D eigenvalue weighted by Gasteiger charge is -2.13. The van der Waals surface area contributed by atoms with Crippen LogP contribution in [0, 0.1) is 6.92 Å². The Morgan fingerprint density at radius 2 is 2.12 bits per heavy atom. The van der Waals surface area contributed by atoms with Crippen molar-refractivity contribution >= 4 is 22.9 Å². The van der Waals surface area contributed by atoms with E-state index < -0.39 is 6.10 Å². The first-order chi connectivity index (χ1) is 7.68. The fourth-order valence-electron chi connectivity index (χ4n) is 1.71. The van der Waals surface area contributed by atoms with Crippen LogP contribution in [-0.4, -0.2) is 5.11 Å². The van der Waals surface area contributed by atoms with Crippen LogP contribution in [0.5, 0.6) is 0 Å². The molecule has 1 aromatic carbocycles. The van der Waals surface area contributed by atoms with E-state index in [0.29, 0.717) is 11.4 Å². The number of rotatable bonds is 3. The molecule has 0 radical (unpaired) electrons. The largest absolute Gasteiger partial charge is 0.388 e. The van der Waals surface area contributed by atoms with Crippen molar-refractivity contribution in [2.75, 3.05) is 0 Å². The summed E-state index contributed by atoms with van der Waals surface area (Å²) in [5.41, 5.74) is 1.88. The molecule has 84 valence electrons. The Kier molecular flexibility index (Phi) is 3.64. The Labute approximate surface area is 104 Å². The van der Waals surface area contributed by atoms with E-state index in [2.05, 4.69) is 0 Å². The molecule has 2 aromatic rings. The molecule has 1 N–H and O–H groups in total. The van der Waals surface area contributed by atoms with Gasteiger partial charge in [-0.15, -0.1) is 11.3 Å². The molecule has 3 heteroatoms. The molecule has 1 nitrogen and oxygen atoms in total. The number of halogens is 1. The van der Waals surface area contributed by atoms with Crippen LogP contribution >= 0.6 is 22.9 Å². The Hall–Kier alpha value is -0.830. The van der Waals surface area contributed by atoms with Crippen molar-refractivity contribution in [3.63, 3.8) is 0 Å². The molecule has 0 spiro atoms. The normalized spacial score (nSPS) is 12.7. The highest BCUT2D eigenvalue weighted by atomic mass is 35.5. The van der Waals surface area contributed by atoms with Gasteiger partial charge in [-0.2, -0.15) is 0 Å². The van der Waals surface area contributed by atoms with Crippen LogP contribution in [0.4, 0.5) is 0 Å². The quantitative estimate of drug-likeness (QED) is 0.876. The average molecular weight is 253 g/mol. The Morgan fingerprint density at radius 1 is 1.31 bits per heavy atom. The molecule has 16 heavy (non-hydrogen) atoms. The second-order valence-corrected chi connectivity index (χ2v) is 5.19. The van der Waals surface area contributed by atoms with Crippen molar-refractivity contribution in [3.8, 4) is 0 Å². The molecule has 0 aliphatic rings. The highest BCUT2D eigenvalue weighted by Gasteiger charge is 2.12. The molecule has 1 aromatic heterocycles. The molecule has 0 amide bonds. The fourth-order valence-corrected chi connectivity index (χ4v) is 2.64. The highest BCUT2D eigenvalue weighted by molar-refractivity contribution is 7.09. The summed E-state index contributed by atoms with van der Waals surface area (Å²) < 4.78 is 0. The number of aliphatic hydroxyl groups excluding tert-OH is 1. The minimum absolute atomic E-state index is 0.475. The predicted octanol–water partition coefficient (Wildman–Crippen LogP) is 3.99. The van der Waals surface area contributed by atoms with Gasteiger partial charge in [0.2, 0.25) is 0 Å². The molecule has 0 saturated carbocycles. The van der Waals surface area contributed by atoms with Crippen LogP contribution in [0.25, 0.3) is 0 Å². The van der Waals surface area contributed by atoms with E-state index in [9.17, 15) is 5.11 Å². The van der Waals surface area contributed by atoms with Crippen LogP contribution in [0.3, 0.4) is 0 Å². The van der Waals surface area contributed by atoms with E-state index in [1.807, 2.05) is 42.6 Å². The number of thiophene rings is 1. The first kappa shape index (κ1) is 11.6. The smallest absolute Gasteiger partial charge is 0.0841 e. The third-order valence-corrected chi connectivity index (χ3v) is 3.95. The van der Waals surface area contributed by atoms with Crippen LogP contribution in [0.15, 0.2) is 35.7 Å². The minimum Gasteiger partial charge on any atom is -0.388 e. The van der Waals surface area contributed by atoms with Gasteiger partial charge in [-0.1, -0.05) is 29.8 Å². The topological polar surface area (TPSA) is 20.2 Å². The van der Waals surface area contributed by atoms with Crippen LogP contribution in [0.2, 0.25) is 5.02 Å². The maximum atomic E-state index is 10.1. The Morgan fingerprint density at radius 3 is 2.81 bits per heavy atom. The summed E-state index contributed by atoms with van der Waals surface area (Å²) in [7, 11) is 0. The molecule has 0 aliphatic heterocycles. The van der Waals surface area contributed by atoms with E-state index in [4.69, 9.17) is 11.6 Å². The van der Waals surface area contributed by atoms with Gasteiger partial charge in [0.1, 0.15) is 0 Å². The van der Waals surface area contributed by atoms with Crippen LogP contribution < -0.4 is 0 Å². The molecule has 0 aliphatic carbocycles. The van der Waals surface area contributed by atoms with Crippen molar-refractivity contribution in [1.82, 2.24) is 0 Å². The van der Waals surface area contributed by atoms with Gasteiger partial charge in [0, 0.05) is 16.3 Å². The Bertz CT molecular complexity index is 465. The third-order valence-electron chi connectivity index (χ3n) is 2.64. The van der Waals surface area contributed by atoms with Crippen molar-refractivity contribution in [1.29, 1.82) is 0 Å². The highest BCUT2D eigenvalue weighted by Crippen LogP contribution is 2.27. The Balaban J connectivity index is 2.21. The zero-order chi connectivity index (χ0) is 11.5. The lowest BCUT2D eigenvalue weighted by atomic mass is 10.0. The molecule has 0 bridgehead atoms. The summed E-state index contributed by atoms with van der Waals surface area (Å²) in [4.78, 5) is 1.19. The molecule has 2 rings (SSSR count). The van der Waals surface area contributed by atoms with Crippen molar-refractivity contribution in [2.45, 2.75) is 19.4 Å². The van der Waals surface area contributed by atoms with Gasteiger partial charge < -0.3 is 5.11 Å². The first-order valence-corrected chi connectivity index (χ1v) is 6.39. The zero-order valence-electron chi connectivity index (χ0n) is 8.98. The van der Waals surface area contributed by atoms with Gasteiger partial charge in [0.15, 0.2) is 0 Å². The summed E-state index contributed by atoms with van der Waals surface area (Å²) in [6, 6.07) is 9.69. The number of hydrogen-bond donors (Lipinski definition) is 1. The van der Waals surface area contributed by atoms with Gasteiger partial charge in [-0.05, 0) is 35.6 Å². The molecule has 1 unspecified atom stereocenters. The van der Waals surface area contributed by atoms with Crippen LogP contribution in [0.1, 0.15) is 22.1 Å². The van der Waals surface area contributed by atoms with E-state index in [1.54, 1.807) is 11.3 Å². The third kappa shape index (κ3) is 2.46. The van der Waals surface area contributed by atoms with E-state index in [0.717, 1.165) is 11.1 Å². The summed E-state index contributed by atoms with van der Waals surface area (Å²) in [6.07, 6.45) is 0.177. The molecule has 0 fully saturated rings. The summed E-state index contributed by atoms with van der Waals surface area (Å²) >= 11 is 7.69. The van der Waals surface area contributed by atoms with Gasteiger partial charge in [0.05, 0.1) is 6.10 Å². The van der Waals surface area contributed by atoms with Gasteiger partial charge in [-0.3, -0.25) is 0 Å². The van der Waals surface area contributed by atoms with Gasteiger partial charge in [-0.25, -0.2) is 0 Å². The van der Waals surface area contributed by atoms with Crippen LogP contribution in [-0.2, 0) is 6.42 Å². The minimum atomic E-state index is -0.475. The lowest BCUT2D eigenvalue weighted by molar-refractivity contribution is 0.178. The van der Waals surface area contributed by atoms with Gasteiger partial charge >= 0.3 is 0 Å². The second-order valence-electron chi connectivity index (χ2n) is 3.75. The maximum Gasteiger partial charge on any atom is 0.0841 e. The monoisotopic (exact) mass is 252 g/mol. The maximum absolute atomic E-state index is 10.1. The predicted molar refractivity (Wildman–Crippen MR) is 69.2 cm³/mol. The van der Waals surface area contributed by atoms with Crippen molar-refractivity contribution < 1.29 is 5.11 Å². The molecule has 1 atom stereocenters. The average Bonchev–Trinajstić information content (AvgIpc) is 2.74. The second kappa shape index (κ2) is 5.00. The molecule has 1 heterocycles.